The van der Waals surface area contributed by atoms with E-state index in [1.807, 2.05) is 31.2 Å². The van der Waals surface area contributed by atoms with Gasteiger partial charge in [0.15, 0.2) is 0 Å². The van der Waals surface area contributed by atoms with E-state index in [-0.39, 0.29) is 6.42 Å². The maximum atomic E-state index is 11.9. The molecule has 1 aromatic carbocycles. The Hall–Kier alpha value is -1.40. The first-order valence-electron chi connectivity index (χ1n) is 6.76. The van der Waals surface area contributed by atoms with Crippen LogP contribution in [0.5, 0.6) is 0 Å². The van der Waals surface area contributed by atoms with Crippen LogP contribution in [-0.4, -0.2) is 31.7 Å². The van der Waals surface area contributed by atoms with Crippen LogP contribution >= 0.6 is 0 Å². The van der Waals surface area contributed by atoms with E-state index >= 15 is 0 Å². The van der Waals surface area contributed by atoms with Crippen molar-refractivity contribution in [2.24, 2.45) is 0 Å². The van der Waals surface area contributed by atoms with E-state index in [2.05, 4.69) is 4.72 Å². The highest BCUT2D eigenvalue weighted by Gasteiger charge is 2.20. The summed E-state index contributed by atoms with van der Waals surface area (Å²) in [6, 6.07) is 7.76. The first-order valence-corrected chi connectivity index (χ1v) is 8.20. The van der Waals surface area contributed by atoms with Gasteiger partial charge < -0.3 is 0 Å². The zero-order valence-corrected chi connectivity index (χ0v) is 13.0. The number of benzene rings is 1. The molecule has 0 saturated carbocycles. The van der Waals surface area contributed by atoms with Crippen molar-refractivity contribution in [1.82, 2.24) is 9.03 Å². The fourth-order valence-electron chi connectivity index (χ4n) is 1.96. The molecular formula is C14H22N2O3S. The number of nitrogens with one attached hydrogen (secondary N) is 1. The third kappa shape index (κ3) is 4.61. The van der Waals surface area contributed by atoms with Crippen LogP contribution in [0.3, 0.4) is 0 Å². The molecule has 0 unspecified atom stereocenters. The number of aryl methyl sites for hydroxylation is 2. The van der Waals surface area contributed by atoms with Gasteiger partial charge in [0.1, 0.15) is 0 Å². The summed E-state index contributed by atoms with van der Waals surface area (Å²) in [7, 11) is -3.70. The van der Waals surface area contributed by atoms with Crippen molar-refractivity contribution < 1.29 is 13.2 Å². The SMILES string of the molecule is CCN(CC)S(=O)(=O)NC(=O)CCc1ccccc1C. The third-order valence-corrected chi connectivity index (χ3v) is 4.85. The smallest absolute Gasteiger partial charge is 0.274 e. The Morgan fingerprint density at radius 1 is 1.20 bits per heavy atom. The summed E-state index contributed by atoms with van der Waals surface area (Å²) in [6.07, 6.45) is 0.692. The monoisotopic (exact) mass is 298 g/mol. The third-order valence-electron chi connectivity index (χ3n) is 3.17. The molecule has 0 aromatic heterocycles. The Morgan fingerprint density at radius 2 is 1.80 bits per heavy atom. The Morgan fingerprint density at radius 3 is 2.35 bits per heavy atom. The van der Waals surface area contributed by atoms with Gasteiger partial charge in [-0.1, -0.05) is 38.1 Å². The lowest BCUT2D eigenvalue weighted by Gasteiger charge is -2.18. The van der Waals surface area contributed by atoms with Gasteiger partial charge in [0.25, 0.3) is 0 Å². The topological polar surface area (TPSA) is 66.5 Å². The molecule has 0 bridgehead atoms. The molecule has 5 nitrogen and oxygen atoms in total. The molecule has 0 heterocycles. The minimum absolute atomic E-state index is 0.158. The molecule has 1 rings (SSSR count). The minimum atomic E-state index is -3.70. The normalized spacial score (nSPS) is 11.6. The highest BCUT2D eigenvalue weighted by Crippen LogP contribution is 2.09. The van der Waals surface area contributed by atoms with Gasteiger partial charge in [-0.2, -0.15) is 12.7 Å². The summed E-state index contributed by atoms with van der Waals surface area (Å²) >= 11 is 0. The molecule has 0 aliphatic carbocycles. The van der Waals surface area contributed by atoms with Crippen LogP contribution in [0.4, 0.5) is 0 Å². The lowest BCUT2D eigenvalue weighted by Crippen LogP contribution is -2.43. The van der Waals surface area contributed by atoms with E-state index in [1.165, 1.54) is 4.31 Å². The van der Waals surface area contributed by atoms with E-state index in [0.717, 1.165) is 11.1 Å². The predicted octanol–water partition coefficient (Wildman–Crippen LogP) is 1.63. The number of rotatable bonds is 7. The van der Waals surface area contributed by atoms with E-state index in [9.17, 15) is 13.2 Å². The number of carbonyl (C=O) groups is 1. The average Bonchev–Trinajstić information content (AvgIpc) is 2.38. The summed E-state index contributed by atoms with van der Waals surface area (Å²) in [5.74, 6) is -0.472. The van der Waals surface area contributed by atoms with Crippen LogP contribution in [0.15, 0.2) is 24.3 Å². The van der Waals surface area contributed by atoms with Crippen molar-refractivity contribution in [3.05, 3.63) is 35.4 Å². The van der Waals surface area contributed by atoms with Crippen molar-refractivity contribution in [3.8, 4) is 0 Å². The highest BCUT2D eigenvalue weighted by atomic mass is 32.2. The van der Waals surface area contributed by atoms with Crippen molar-refractivity contribution >= 4 is 16.1 Å². The fraction of sp³-hybridized carbons (Fsp3) is 0.500. The van der Waals surface area contributed by atoms with Crippen LogP contribution < -0.4 is 4.72 Å². The lowest BCUT2D eigenvalue weighted by atomic mass is 10.0. The maximum absolute atomic E-state index is 11.9. The zero-order chi connectivity index (χ0) is 15.2. The Balaban J connectivity index is 2.59. The number of nitrogens with zero attached hydrogens (tertiary/aromatic N) is 1. The number of hydrogen-bond donors (Lipinski definition) is 1. The molecule has 0 radical (unpaired) electrons. The van der Waals surface area contributed by atoms with Crippen LogP contribution in [-0.2, 0) is 21.4 Å². The van der Waals surface area contributed by atoms with Gasteiger partial charge in [-0.05, 0) is 24.5 Å². The second-order valence-electron chi connectivity index (χ2n) is 4.54. The average molecular weight is 298 g/mol. The van der Waals surface area contributed by atoms with Crippen molar-refractivity contribution in [1.29, 1.82) is 0 Å². The second kappa shape index (κ2) is 7.40. The van der Waals surface area contributed by atoms with Gasteiger partial charge in [-0.15, -0.1) is 0 Å². The summed E-state index contributed by atoms with van der Waals surface area (Å²) in [5.41, 5.74) is 2.16. The molecular weight excluding hydrogens is 276 g/mol. The summed E-state index contributed by atoms with van der Waals surface area (Å²) in [5, 5.41) is 0. The van der Waals surface area contributed by atoms with Gasteiger partial charge in [0.05, 0.1) is 0 Å². The quantitative estimate of drug-likeness (QED) is 0.832. The molecule has 112 valence electrons. The zero-order valence-electron chi connectivity index (χ0n) is 12.2. The van der Waals surface area contributed by atoms with Crippen molar-refractivity contribution in [3.63, 3.8) is 0 Å². The molecule has 0 saturated heterocycles. The largest absolute Gasteiger partial charge is 0.303 e. The lowest BCUT2D eigenvalue weighted by molar-refractivity contribution is -0.119. The maximum Gasteiger partial charge on any atom is 0.303 e. The standard InChI is InChI=1S/C14H22N2O3S/c1-4-16(5-2)20(18,19)15-14(17)11-10-13-9-7-6-8-12(13)3/h6-9H,4-5,10-11H2,1-3H3,(H,15,17). The van der Waals surface area contributed by atoms with Gasteiger partial charge in [0, 0.05) is 19.5 Å². The highest BCUT2D eigenvalue weighted by molar-refractivity contribution is 7.87. The molecule has 0 aliphatic rings. The van der Waals surface area contributed by atoms with Crippen molar-refractivity contribution in [2.75, 3.05) is 13.1 Å². The predicted molar refractivity (Wildman–Crippen MR) is 79.5 cm³/mol. The van der Waals surface area contributed by atoms with Crippen LogP contribution in [0.1, 0.15) is 31.4 Å². The van der Waals surface area contributed by atoms with Crippen molar-refractivity contribution in [2.45, 2.75) is 33.6 Å². The molecule has 1 amide bonds. The summed E-state index contributed by atoms with van der Waals surface area (Å²) in [4.78, 5) is 11.8. The molecule has 6 heteroatoms. The van der Waals surface area contributed by atoms with Gasteiger partial charge in [-0.25, -0.2) is 4.72 Å². The summed E-state index contributed by atoms with van der Waals surface area (Å²) < 4.78 is 27.1. The van der Waals surface area contributed by atoms with Crippen LogP contribution in [0, 0.1) is 6.92 Å². The van der Waals surface area contributed by atoms with E-state index in [4.69, 9.17) is 0 Å². The number of hydrogen-bond acceptors (Lipinski definition) is 3. The van der Waals surface area contributed by atoms with E-state index in [0.29, 0.717) is 19.5 Å². The van der Waals surface area contributed by atoms with E-state index in [1.54, 1.807) is 13.8 Å². The number of amides is 1. The van der Waals surface area contributed by atoms with Gasteiger partial charge in [-0.3, -0.25) is 4.79 Å². The van der Waals surface area contributed by atoms with Crippen LogP contribution in [0.25, 0.3) is 0 Å². The molecule has 0 aliphatic heterocycles. The molecule has 1 N–H and O–H groups in total. The second-order valence-corrected chi connectivity index (χ2v) is 6.21. The molecule has 20 heavy (non-hydrogen) atoms. The molecule has 0 atom stereocenters. The minimum Gasteiger partial charge on any atom is -0.274 e. The molecule has 0 fully saturated rings. The molecule has 0 spiro atoms. The summed E-state index contributed by atoms with van der Waals surface area (Å²) in [6.45, 7) is 6.13. The first kappa shape index (κ1) is 16.7. The van der Waals surface area contributed by atoms with Gasteiger partial charge >= 0.3 is 10.2 Å². The molecule has 1 aromatic rings. The van der Waals surface area contributed by atoms with Crippen LogP contribution in [0.2, 0.25) is 0 Å². The van der Waals surface area contributed by atoms with E-state index < -0.39 is 16.1 Å². The number of carbonyl (C=O) groups excluding carboxylic acids is 1. The Bertz CT molecular complexity index is 551. The Labute approximate surface area is 121 Å². The van der Waals surface area contributed by atoms with Gasteiger partial charge in [0.2, 0.25) is 5.91 Å². The Kier molecular flexibility index (Phi) is 6.16. The fourth-order valence-corrected chi connectivity index (χ4v) is 3.16. The first-order chi connectivity index (χ1) is 9.40.